The Bertz CT molecular complexity index is 882. The van der Waals surface area contributed by atoms with E-state index in [1.807, 2.05) is 36.1 Å². The Labute approximate surface area is 175 Å². The quantitative estimate of drug-likeness (QED) is 0.630. The van der Waals surface area contributed by atoms with Crippen LogP contribution in [-0.2, 0) is 21.2 Å². The average Bonchev–Trinajstić information content (AvgIpc) is 2.96. The van der Waals surface area contributed by atoms with Crippen LogP contribution in [0.1, 0.15) is 46.6 Å². The van der Waals surface area contributed by atoms with Crippen molar-refractivity contribution in [3.63, 3.8) is 0 Å². The Balaban J connectivity index is 1.84. The second-order valence-electron chi connectivity index (χ2n) is 9.17. The molecule has 1 saturated heterocycles. The zero-order chi connectivity index (χ0) is 21.4. The molecule has 1 aliphatic carbocycles. The van der Waals surface area contributed by atoms with E-state index in [0.29, 0.717) is 19.6 Å². The van der Waals surface area contributed by atoms with Gasteiger partial charge in [0.1, 0.15) is 5.75 Å². The highest BCUT2D eigenvalue weighted by Gasteiger charge is 2.61. The molecule has 1 aromatic rings. The van der Waals surface area contributed by atoms with Gasteiger partial charge in [-0.1, -0.05) is 37.6 Å². The maximum Gasteiger partial charge on any atom is 0.227 e. The van der Waals surface area contributed by atoms with Crippen LogP contribution in [-0.4, -0.2) is 43.4 Å². The van der Waals surface area contributed by atoms with Crippen LogP contribution in [0.3, 0.4) is 0 Å². The molecule has 29 heavy (non-hydrogen) atoms. The van der Waals surface area contributed by atoms with Crippen molar-refractivity contribution < 1.29 is 17.9 Å². The topological polar surface area (TPSA) is 63.7 Å². The molecule has 3 atom stereocenters. The molecule has 0 unspecified atom stereocenters. The lowest BCUT2D eigenvalue weighted by atomic mass is 10.1. The van der Waals surface area contributed by atoms with E-state index in [2.05, 4.69) is 33.8 Å². The molecule has 1 aromatic carbocycles. The highest BCUT2D eigenvalue weighted by Crippen LogP contribution is 2.60. The third kappa shape index (κ3) is 4.85. The molecule has 2 fully saturated rings. The Kier molecular flexibility index (Phi) is 6.13. The fraction of sp³-hybridized carbons (Fsp3) is 0.609. The highest BCUT2D eigenvalue weighted by molar-refractivity contribution is 7.91. The van der Waals surface area contributed by atoms with Crippen molar-refractivity contribution in [2.45, 2.75) is 53.6 Å². The second kappa shape index (κ2) is 8.13. The minimum Gasteiger partial charge on any atom is -0.494 e. The van der Waals surface area contributed by atoms with Crippen molar-refractivity contribution in [1.82, 2.24) is 4.90 Å². The van der Waals surface area contributed by atoms with Gasteiger partial charge in [0.25, 0.3) is 0 Å². The summed E-state index contributed by atoms with van der Waals surface area (Å²) in [4.78, 5) is 15.4. The van der Waals surface area contributed by atoms with E-state index in [4.69, 9.17) is 4.74 Å². The van der Waals surface area contributed by atoms with E-state index in [0.717, 1.165) is 11.3 Å². The van der Waals surface area contributed by atoms with Crippen molar-refractivity contribution in [3.8, 4) is 5.75 Å². The molecule has 0 bridgehead atoms. The molecule has 1 saturated carbocycles. The summed E-state index contributed by atoms with van der Waals surface area (Å²) in [6.07, 6.45) is 2.70. The van der Waals surface area contributed by atoms with Crippen LogP contribution in [0.4, 0.5) is 0 Å². The maximum absolute atomic E-state index is 13.6. The molecule has 0 N–H and O–H groups in total. The van der Waals surface area contributed by atoms with E-state index in [1.165, 1.54) is 5.57 Å². The van der Waals surface area contributed by atoms with E-state index in [1.54, 1.807) is 0 Å². The summed E-state index contributed by atoms with van der Waals surface area (Å²) in [5.74, 6) is 1.22. The van der Waals surface area contributed by atoms with Gasteiger partial charge in [0.05, 0.1) is 24.0 Å². The van der Waals surface area contributed by atoms with Crippen molar-refractivity contribution in [1.29, 1.82) is 0 Å². The normalized spacial score (nSPS) is 26.6. The van der Waals surface area contributed by atoms with Crippen LogP contribution in [0.15, 0.2) is 35.9 Å². The fourth-order valence-corrected chi connectivity index (χ4v) is 6.19. The van der Waals surface area contributed by atoms with Gasteiger partial charge in [0.15, 0.2) is 9.84 Å². The number of carbonyl (C=O) groups is 1. The smallest absolute Gasteiger partial charge is 0.227 e. The first-order valence-corrected chi connectivity index (χ1v) is 12.2. The Hall–Kier alpha value is -1.82. The summed E-state index contributed by atoms with van der Waals surface area (Å²) in [6, 6.07) is 7.48. The van der Waals surface area contributed by atoms with Crippen LogP contribution in [0.5, 0.6) is 5.75 Å². The minimum atomic E-state index is -3.07. The molecular formula is C23H33NO4S. The standard InChI is InChI=1S/C23H33NO4S/c1-6-28-19-9-7-17(8-10-19)14-24(18-11-12-29(26,27)15-18)22(25)21-20(13-16(2)3)23(21,4)5/h7-10,13,18,20-21H,6,11-12,14-15H2,1-5H3/t18-,20+,21+/m1/s1. The lowest BCUT2D eigenvalue weighted by Crippen LogP contribution is -2.42. The molecule has 2 aliphatic rings. The first-order valence-electron chi connectivity index (χ1n) is 10.4. The van der Waals surface area contributed by atoms with Crippen molar-refractivity contribution >= 4 is 15.7 Å². The van der Waals surface area contributed by atoms with Gasteiger partial charge >= 0.3 is 0 Å². The molecule has 1 amide bonds. The predicted molar refractivity (Wildman–Crippen MR) is 115 cm³/mol. The second-order valence-corrected chi connectivity index (χ2v) is 11.4. The first kappa shape index (κ1) is 21.9. The van der Waals surface area contributed by atoms with Gasteiger partial charge in [0.2, 0.25) is 5.91 Å². The maximum atomic E-state index is 13.6. The van der Waals surface area contributed by atoms with Gasteiger partial charge < -0.3 is 9.64 Å². The summed E-state index contributed by atoms with van der Waals surface area (Å²) >= 11 is 0. The molecule has 3 rings (SSSR count). The SMILES string of the molecule is CCOc1ccc(CN(C(=O)[C@@H]2[C@H](C=C(C)C)C2(C)C)[C@@H]2CCS(=O)(=O)C2)cc1. The molecule has 1 aliphatic heterocycles. The number of allylic oxidation sites excluding steroid dienone is 2. The molecule has 0 aromatic heterocycles. The zero-order valence-electron chi connectivity index (χ0n) is 18.1. The number of hydrogen-bond acceptors (Lipinski definition) is 4. The van der Waals surface area contributed by atoms with Crippen LogP contribution in [0, 0.1) is 17.3 Å². The number of carbonyl (C=O) groups excluding carboxylic acids is 1. The number of sulfone groups is 1. The Morgan fingerprint density at radius 1 is 1.24 bits per heavy atom. The summed E-state index contributed by atoms with van der Waals surface area (Å²) in [6.45, 7) is 11.3. The van der Waals surface area contributed by atoms with Gasteiger partial charge in [-0.3, -0.25) is 4.79 Å². The molecule has 5 nitrogen and oxygen atoms in total. The summed E-state index contributed by atoms with van der Waals surface area (Å²) < 4.78 is 29.7. The summed E-state index contributed by atoms with van der Waals surface area (Å²) in [5.41, 5.74) is 2.10. The predicted octanol–water partition coefficient (Wildman–Crippen LogP) is 3.84. The fourth-order valence-electron chi connectivity index (χ4n) is 4.46. The molecule has 160 valence electrons. The lowest BCUT2D eigenvalue weighted by Gasteiger charge is -2.29. The largest absolute Gasteiger partial charge is 0.494 e. The van der Waals surface area contributed by atoms with Crippen molar-refractivity contribution in [2.75, 3.05) is 18.1 Å². The summed E-state index contributed by atoms with van der Waals surface area (Å²) in [7, 11) is -3.07. The van der Waals surface area contributed by atoms with Gasteiger partial charge in [0, 0.05) is 12.6 Å². The third-order valence-electron chi connectivity index (χ3n) is 6.21. The van der Waals surface area contributed by atoms with Gasteiger partial charge in [-0.2, -0.15) is 0 Å². The van der Waals surface area contributed by atoms with E-state index in [-0.39, 0.29) is 40.7 Å². The molecule has 1 heterocycles. The minimum absolute atomic E-state index is 0.0657. The van der Waals surface area contributed by atoms with Crippen molar-refractivity contribution in [2.24, 2.45) is 17.3 Å². The van der Waals surface area contributed by atoms with E-state index in [9.17, 15) is 13.2 Å². The number of benzene rings is 1. The van der Waals surface area contributed by atoms with E-state index >= 15 is 0 Å². The van der Waals surface area contributed by atoms with E-state index < -0.39 is 9.84 Å². The van der Waals surface area contributed by atoms with Crippen LogP contribution < -0.4 is 4.74 Å². The Morgan fingerprint density at radius 2 is 1.90 bits per heavy atom. The van der Waals surface area contributed by atoms with Gasteiger partial charge in [-0.25, -0.2) is 8.42 Å². The number of rotatable bonds is 7. The molecule has 0 radical (unpaired) electrons. The lowest BCUT2D eigenvalue weighted by molar-refractivity contribution is -0.136. The van der Waals surface area contributed by atoms with Crippen molar-refractivity contribution in [3.05, 3.63) is 41.5 Å². The highest BCUT2D eigenvalue weighted by atomic mass is 32.2. The van der Waals surface area contributed by atoms with Crippen LogP contribution in [0.25, 0.3) is 0 Å². The molecular weight excluding hydrogens is 386 g/mol. The molecule has 0 spiro atoms. The average molecular weight is 420 g/mol. The zero-order valence-corrected chi connectivity index (χ0v) is 19.0. The Morgan fingerprint density at radius 3 is 2.41 bits per heavy atom. The van der Waals surface area contributed by atoms with Gasteiger partial charge in [-0.05, 0) is 56.2 Å². The first-order chi connectivity index (χ1) is 13.5. The van der Waals surface area contributed by atoms with Gasteiger partial charge in [-0.15, -0.1) is 0 Å². The number of nitrogens with zero attached hydrogens (tertiary/aromatic N) is 1. The van der Waals surface area contributed by atoms with Crippen LogP contribution in [0.2, 0.25) is 0 Å². The number of amides is 1. The van der Waals surface area contributed by atoms with Crippen LogP contribution >= 0.6 is 0 Å². The summed E-state index contributed by atoms with van der Waals surface area (Å²) in [5, 5.41) is 0. The number of hydrogen-bond donors (Lipinski definition) is 0. The monoisotopic (exact) mass is 419 g/mol. The molecule has 6 heteroatoms. The number of ether oxygens (including phenoxy) is 1. The third-order valence-corrected chi connectivity index (χ3v) is 7.96.